The molecule has 4 nitrogen and oxygen atoms in total. The highest BCUT2D eigenvalue weighted by atomic mass is 16.3. The summed E-state index contributed by atoms with van der Waals surface area (Å²) in [4.78, 5) is 14.6. The molecule has 0 saturated carbocycles. The molecule has 1 fully saturated rings. The monoisotopic (exact) mass is 300 g/mol. The second-order valence-corrected chi connectivity index (χ2v) is 6.24. The molecule has 22 heavy (non-hydrogen) atoms. The van der Waals surface area contributed by atoms with Crippen LogP contribution in [-0.2, 0) is 11.3 Å². The van der Waals surface area contributed by atoms with Crippen LogP contribution in [0.5, 0.6) is 0 Å². The molecule has 0 aromatic heterocycles. The predicted molar refractivity (Wildman–Crippen MR) is 87.5 cm³/mol. The lowest BCUT2D eigenvalue weighted by Crippen LogP contribution is -2.35. The fourth-order valence-corrected chi connectivity index (χ4v) is 3.18. The van der Waals surface area contributed by atoms with Crippen LogP contribution in [0.4, 0.5) is 5.69 Å². The lowest BCUT2D eigenvalue weighted by molar-refractivity contribution is -0.112. The summed E-state index contributed by atoms with van der Waals surface area (Å²) in [6.07, 6.45) is 6.55. The van der Waals surface area contributed by atoms with Crippen LogP contribution in [0.25, 0.3) is 0 Å². The number of hydrogen-bond donors (Lipinski definition) is 2. The number of carbonyl (C=O) groups excluding carboxylic acids is 1. The SMILES string of the molecule is O=C(Nc1ccccc1CN1CCC(O)CC1)C1=CCCC1. The maximum Gasteiger partial charge on any atom is 0.251 e. The zero-order valence-electron chi connectivity index (χ0n) is 12.9. The molecule has 1 aromatic rings. The zero-order valence-corrected chi connectivity index (χ0v) is 12.9. The first-order chi connectivity index (χ1) is 10.7. The second-order valence-electron chi connectivity index (χ2n) is 6.24. The number of piperidine rings is 1. The topological polar surface area (TPSA) is 52.6 Å². The van der Waals surface area contributed by atoms with Crippen LogP contribution >= 0.6 is 0 Å². The Morgan fingerprint density at radius 2 is 2.05 bits per heavy atom. The minimum absolute atomic E-state index is 0.0408. The van der Waals surface area contributed by atoms with E-state index in [0.29, 0.717) is 0 Å². The molecule has 1 aliphatic carbocycles. The lowest BCUT2D eigenvalue weighted by atomic mass is 10.1. The third-order valence-corrected chi connectivity index (χ3v) is 4.55. The minimum atomic E-state index is -0.152. The van der Waals surface area contributed by atoms with E-state index in [4.69, 9.17) is 0 Å². The third kappa shape index (κ3) is 3.76. The van der Waals surface area contributed by atoms with Gasteiger partial charge in [-0.15, -0.1) is 0 Å². The van der Waals surface area contributed by atoms with Gasteiger partial charge >= 0.3 is 0 Å². The third-order valence-electron chi connectivity index (χ3n) is 4.55. The number of rotatable bonds is 4. The van der Waals surface area contributed by atoms with Crippen molar-refractivity contribution in [2.45, 2.75) is 44.8 Å². The number of aliphatic hydroxyl groups excluding tert-OH is 1. The van der Waals surface area contributed by atoms with Gasteiger partial charge in [-0.2, -0.15) is 0 Å². The number of nitrogens with zero attached hydrogens (tertiary/aromatic N) is 1. The highest BCUT2D eigenvalue weighted by Crippen LogP contribution is 2.23. The molecule has 4 heteroatoms. The molecular weight excluding hydrogens is 276 g/mol. The van der Waals surface area contributed by atoms with Crippen molar-refractivity contribution in [3.05, 3.63) is 41.5 Å². The summed E-state index contributed by atoms with van der Waals surface area (Å²) in [7, 11) is 0. The molecule has 2 aliphatic rings. The number of aliphatic hydroxyl groups is 1. The fourth-order valence-electron chi connectivity index (χ4n) is 3.18. The average molecular weight is 300 g/mol. The van der Waals surface area contributed by atoms with E-state index in [1.807, 2.05) is 24.3 Å². The van der Waals surface area contributed by atoms with Crippen molar-refractivity contribution in [1.82, 2.24) is 4.90 Å². The van der Waals surface area contributed by atoms with Crippen molar-refractivity contribution in [2.24, 2.45) is 0 Å². The van der Waals surface area contributed by atoms with Gasteiger partial charge in [0.2, 0.25) is 0 Å². The Kier molecular flexibility index (Phi) is 4.90. The van der Waals surface area contributed by atoms with Gasteiger partial charge in [0.1, 0.15) is 0 Å². The van der Waals surface area contributed by atoms with Crippen molar-refractivity contribution in [3.8, 4) is 0 Å². The number of allylic oxidation sites excluding steroid dienone is 1. The Morgan fingerprint density at radius 3 is 2.77 bits per heavy atom. The molecule has 0 spiro atoms. The summed E-state index contributed by atoms with van der Waals surface area (Å²) in [5, 5.41) is 12.7. The van der Waals surface area contributed by atoms with Crippen LogP contribution < -0.4 is 5.32 Å². The van der Waals surface area contributed by atoms with E-state index in [1.165, 1.54) is 0 Å². The molecule has 2 N–H and O–H groups in total. The summed E-state index contributed by atoms with van der Waals surface area (Å²) in [6, 6.07) is 8.02. The van der Waals surface area contributed by atoms with Crippen molar-refractivity contribution >= 4 is 11.6 Å². The summed E-state index contributed by atoms with van der Waals surface area (Å²) >= 11 is 0. The first-order valence-electron chi connectivity index (χ1n) is 8.21. The first-order valence-corrected chi connectivity index (χ1v) is 8.21. The fraction of sp³-hybridized carbons (Fsp3) is 0.500. The summed E-state index contributed by atoms with van der Waals surface area (Å²) in [6.45, 7) is 2.64. The highest BCUT2D eigenvalue weighted by Gasteiger charge is 2.19. The maximum absolute atomic E-state index is 12.3. The first kappa shape index (κ1) is 15.3. The largest absolute Gasteiger partial charge is 0.393 e. The average Bonchev–Trinajstić information content (AvgIpc) is 3.06. The van der Waals surface area contributed by atoms with Crippen molar-refractivity contribution in [2.75, 3.05) is 18.4 Å². The number of anilines is 1. The molecule has 0 radical (unpaired) electrons. The van der Waals surface area contributed by atoms with Crippen LogP contribution in [0.3, 0.4) is 0 Å². The Morgan fingerprint density at radius 1 is 1.27 bits per heavy atom. The smallest absolute Gasteiger partial charge is 0.251 e. The summed E-state index contributed by atoms with van der Waals surface area (Å²) in [5.74, 6) is 0.0408. The Balaban J connectivity index is 1.66. The number of nitrogens with one attached hydrogen (secondary N) is 1. The molecule has 1 amide bonds. The van der Waals surface area contributed by atoms with E-state index in [0.717, 1.165) is 68.6 Å². The minimum Gasteiger partial charge on any atom is -0.393 e. The second kappa shape index (κ2) is 7.07. The van der Waals surface area contributed by atoms with E-state index >= 15 is 0 Å². The molecule has 0 bridgehead atoms. The molecule has 1 aromatic carbocycles. The summed E-state index contributed by atoms with van der Waals surface area (Å²) in [5.41, 5.74) is 2.97. The van der Waals surface area contributed by atoms with Gasteiger partial charge in [-0.05, 0) is 43.7 Å². The highest BCUT2D eigenvalue weighted by molar-refractivity contribution is 6.04. The lowest BCUT2D eigenvalue weighted by Gasteiger charge is -2.30. The Labute approximate surface area is 131 Å². The number of amides is 1. The van der Waals surface area contributed by atoms with Gasteiger partial charge in [-0.3, -0.25) is 9.69 Å². The van der Waals surface area contributed by atoms with Crippen LogP contribution in [0.1, 0.15) is 37.7 Å². The van der Waals surface area contributed by atoms with Gasteiger partial charge in [0, 0.05) is 30.9 Å². The Hall–Kier alpha value is -1.65. The predicted octanol–water partition coefficient (Wildman–Crippen LogP) is 2.69. The van der Waals surface area contributed by atoms with Crippen LogP contribution in [0.15, 0.2) is 35.9 Å². The van der Waals surface area contributed by atoms with Crippen molar-refractivity contribution in [1.29, 1.82) is 0 Å². The van der Waals surface area contributed by atoms with E-state index in [9.17, 15) is 9.90 Å². The van der Waals surface area contributed by atoms with Gasteiger partial charge in [0.15, 0.2) is 0 Å². The summed E-state index contributed by atoms with van der Waals surface area (Å²) < 4.78 is 0. The van der Waals surface area contributed by atoms with Gasteiger partial charge in [0.25, 0.3) is 5.91 Å². The standard InChI is InChI=1S/C18H24N2O2/c21-16-9-11-20(12-10-16)13-15-7-3-4-8-17(15)19-18(22)14-5-1-2-6-14/h3-5,7-8,16,21H,1-2,6,9-13H2,(H,19,22). The van der Waals surface area contributed by atoms with E-state index < -0.39 is 0 Å². The van der Waals surface area contributed by atoms with Gasteiger partial charge in [0.05, 0.1) is 6.10 Å². The van der Waals surface area contributed by atoms with Crippen molar-refractivity contribution < 1.29 is 9.90 Å². The van der Waals surface area contributed by atoms with Gasteiger partial charge in [-0.1, -0.05) is 24.3 Å². The number of carbonyl (C=O) groups is 1. The molecule has 0 atom stereocenters. The van der Waals surface area contributed by atoms with Gasteiger partial charge < -0.3 is 10.4 Å². The maximum atomic E-state index is 12.3. The van der Waals surface area contributed by atoms with Crippen LogP contribution in [0.2, 0.25) is 0 Å². The molecule has 1 aliphatic heterocycles. The Bertz CT molecular complexity index is 560. The normalized spacial score (nSPS) is 20.0. The van der Waals surface area contributed by atoms with E-state index in [1.54, 1.807) is 0 Å². The molecular formula is C18H24N2O2. The molecule has 1 saturated heterocycles. The van der Waals surface area contributed by atoms with E-state index in [2.05, 4.69) is 16.3 Å². The van der Waals surface area contributed by atoms with Crippen LogP contribution in [0, 0.1) is 0 Å². The van der Waals surface area contributed by atoms with Crippen LogP contribution in [-0.4, -0.2) is 35.1 Å². The number of para-hydroxylation sites is 1. The van der Waals surface area contributed by atoms with E-state index in [-0.39, 0.29) is 12.0 Å². The van der Waals surface area contributed by atoms with Gasteiger partial charge in [-0.25, -0.2) is 0 Å². The zero-order chi connectivity index (χ0) is 15.4. The molecule has 0 unspecified atom stereocenters. The number of hydrogen-bond acceptors (Lipinski definition) is 3. The van der Waals surface area contributed by atoms with Crippen molar-refractivity contribution in [3.63, 3.8) is 0 Å². The number of benzene rings is 1. The molecule has 3 rings (SSSR count). The quantitative estimate of drug-likeness (QED) is 0.899. The number of likely N-dealkylation sites (tertiary alicyclic amines) is 1. The molecule has 118 valence electrons. The molecule has 1 heterocycles.